The minimum atomic E-state index is -0.516. The molecule has 5 nitrogen and oxygen atoms in total. The summed E-state index contributed by atoms with van der Waals surface area (Å²) in [5.41, 5.74) is 4.95. The zero-order valence-electron chi connectivity index (χ0n) is 8.62. The summed E-state index contributed by atoms with van der Waals surface area (Å²) in [4.78, 5) is 10.4. The highest BCUT2D eigenvalue weighted by Gasteiger charge is 2.32. The van der Waals surface area contributed by atoms with Crippen molar-refractivity contribution < 1.29 is 19.0 Å². The van der Waals surface area contributed by atoms with Gasteiger partial charge in [0.25, 0.3) is 0 Å². The van der Waals surface area contributed by atoms with Crippen molar-refractivity contribution in [3.63, 3.8) is 0 Å². The van der Waals surface area contributed by atoms with Crippen LogP contribution >= 0.6 is 0 Å². The molecule has 1 fully saturated rings. The van der Waals surface area contributed by atoms with Gasteiger partial charge in [0, 0.05) is 6.42 Å². The third-order valence-electron chi connectivity index (χ3n) is 1.86. The zero-order chi connectivity index (χ0) is 10.6. The Morgan fingerprint density at radius 3 is 2.86 bits per heavy atom. The molecule has 1 aliphatic rings. The van der Waals surface area contributed by atoms with Crippen LogP contribution in [0.3, 0.4) is 0 Å². The third-order valence-corrected chi connectivity index (χ3v) is 1.86. The van der Waals surface area contributed by atoms with Crippen molar-refractivity contribution in [2.75, 3.05) is 19.8 Å². The molecule has 82 valence electrons. The van der Waals surface area contributed by atoms with E-state index in [9.17, 15) is 4.79 Å². The minimum Gasteiger partial charge on any atom is -0.378 e. The lowest BCUT2D eigenvalue weighted by atomic mass is 10.4. The number of primary amides is 1. The van der Waals surface area contributed by atoms with E-state index in [-0.39, 0.29) is 18.4 Å². The molecule has 1 amide bonds. The van der Waals surface area contributed by atoms with Crippen LogP contribution in [-0.4, -0.2) is 37.6 Å². The Kier molecular flexibility index (Phi) is 3.86. The topological polar surface area (TPSA) is 70.8 Å². The van der Waals surface area contributed by atoms with Gasteiger partial charge in [0.1, 0.15) is 6.10 Å². The second kappa shape index (κ2) is 4.72. The molecular formula is C9H17NO4. The number of hydrogen-bond donors (Lipinski definition) is 1. The highest BCUT2D eigenvalue weighted by Crippen LogP contribution is 2.22. The fourth-order valence-corrected chi connectivity index (χ4v) is 1.23. The van der Waals surface area contributed by atoms with E-state index < -0.39 is 5.79 Å². The van der Waals surface area contributed by atoms with Crippen LogP contribution in [-0.2, 0) is 19.0 Å². The van der Waals surface area contributed by atoms with E-state index in [1.165, 1.54) is 0 Å². The number of amides is 1. The van der Waals surface area contributed by atoms with Crippen LogP contribution in [0.4, 0.5) is 0 Å². The smallest absolute Gasteiger partial charge is 0.219 e. The van der Waals surface area contributed by atoms with Gasteiger partial charge in [-0.3, -0.25) is 4.79 Å². The molecule has 5 heteroatoms. The second-order valence-electron chi connectivity index (χ2n) is 3.74. The van der Waals surface area contributed by atoms with E-state index in [0.717, 1.165) is 0 Å². The SMILES string of the molecule is CC1(C)OCC(COCCC(N)=O)O1. The van der Waals surface area contributed by atoms with E-state index in [4.69, 9.17) is 19.9 Å². The van der Waals surface area contributed by atoms with Crippen molar-refractivity contribution in [1.29, 1.82) is 0 Å². The van der Waals surface area contributed by atoms with Gasteiger partial charge in [0.2, 0.25) is 5.91 Å². The number of carbonyl (C=O) groups is 1. The lowest BCUT2D eigenvalue weighted by molar-refractivity contribution is -0.145. The summed E-state index contributed by atoms with van der Waals surface area (Å²) in [5.74, 6) is -0.869. The fraction of sp³-hybridized carbons (Fsp3) is 0.889. The maximum absolute atomic E-state index is 10.4. The van der Waals surface area contributed by atoms with Crippen LogP contribution in [0.1, 0.15) is 20.3 Å². The van der Waals surface area contributed by atoms with Crippen molar-refractivity contribution in [2.24, 2.45) is 5.73 Å². The summed E-state index contributed by atoms with van der Waals surface area (Å²) in [7, 11) is 0. The first-order chi connectivity index (χ1) is 6.49. The van der Waals surface area contributed by atoms with E-state index >= 15 is 0 Å². The molecule has 0 aromatic carbocycles. The average molecular weight is 203 g/mol. The Morgan fingerprint density at radius 2 is 2.36 bits per heavy atom. The van der Waals surface area contributed by atoms with Gasteiger partial charge in [-0.05, 0) is 13.8 Å². The standard InChI is InChI=1S/C9H17NO4/c1-9(2)13-6-7(14-9)5-12-4-3-8(10)11/h7H,3-6H2,1-2H3,(H2,10,11). The summed E-state index contributed by atoms with van der Waals surface area (Å²) in [6.45, 7) is 5.03. The predicted octanol–water partition coefficient (Wildman–Crippen LogP) is 0.0299. The monoisotopic (exact) mass is 203 g/mol. The van der Waals surface area contributed by atoms with Crippen molar-refractivity contribution in [3.05, 3.63) is 0 Å². The summed E-state index contributed by atoms with van der Waals surface area (Å²) < 4.78 is 16.0. The van der Waals surface area contributed by atoms with Crippen molar-refractivity contribution >= 4 is 5.91 Å². The van der Waals surface area contributed by atoms with Gasteiger partial charge in [-0.25, -0.2) is 0 Å². The van der Waals surface area contributed by atoms with Gasteiger partial charge in [0.05, 0.1) is 19.8 Å². The minimum absolute atomic E-state index is 0.0436. The molecule has 1 aliphatic heterocycles. The second-order valence-corrected chi connectivity index (χ2v) is 3.74. The molecule has 0 spiro atoms. The summed E-state index contributed by atoms with van der Waals surface area (Å²) in [6.07, 6.45) is 0.203. The molecule has 1 unspecified atom stereocenters. The summed E-state index contributed by atoms with van der Waals surface area (Å²) in [6, 6.07) is 0. The predicted molar refractivity (Wildman–Crippen MR) is 49.5 cm³/mol. The first kappa shape index (κ1) is 11.4. The summed E-state index contributed by atoms with van der Waals surface area (Å²) in [5, 5.41) is 0. The molecule has 2 N–H and O–H groups in total. The van der Waals surface area contributed by atoms with Gasteiger partial charge in [-0.2, -0.15) is 0 Å². The van der Waals surface area contributed by atoms with Crippen molar-refractivity contribution in [2.45, 2.75) is 32.2 Å². The number of nitrogens with two attached hydrogens (primary N) is 1. The maximum Gasteiger partial charge on any atom is 0.219 e. The van der Waals surface area contributed by atoms with Crippen molar-refractivity contribution in [3.8, 4) is 0 Å². The molecule has 0 saturated carbocycles. The highest BCUT2D eigenvalue weighted by atomic mass is 16.7. The van der Waals surface area contributed by atoms with Crippen LogP contribution in [0.25, 0.3) is 0 Å². The Balaban J connectivity index is 2.06. The highest BCUT2D eigenvalue weighted by molar-refractivity contribution is 5.73. The number of rotatable bonds is 5. The molecule has 1 heterocycles. The molecule has 0 radical (unpaired) electrons. The molecule has 0 aromatic rings. The maximum atomic E-state index is 10.4. The van der Waals surface area contributed by atoms with Crippen LogP contribution in [0.15, 0.2) is 0 Å². The number of hydrogen-bond acceptors (Lipinski definition) is 4. The Hall–Kier alpha value is -0.650. The van der Waals surface area contributed by atoms with Gasteiger partial charge in [0.15, 0.2) is 5.79 Å². The molecule has 1 rings (SSSR count). The molecule has 0 bridgehead atoms. The van der Waals surface area contributed by atoms with E-state index in [1.807, 2.05) is 13.8 Å². The Labute approximate surface area is 83.5 Å². The van der Waals surface area contributed by atoms with Gasteiger partial charge in [-0.15, -0.1) is 0 Å². The van der Waals surface area contributed by atoms with E-state index in [0.29, 0.717) is 19.8 Å². The van der Waals surface area contributed by atoms with Gasteiger partial charge < -0.3 is 19.9 Å². The quantitative estimate of drug-likeness (QED) is 0.640. The molecule has 1 atom stereocenters. The third kappa shape index (κ3) is 4.04. The zero-order valence-corrected chi connectivity index (χ0v) is 8.62. The molecule has 1 saturated heterocycles. The van der Waals surface area contributed by atoms with Crippen LogP contribution in [0, 0.1) is 0 Å². The molecule has 0 aliphatic carbocycles. The number of ether oxygens (including phenoxy) is 3. The van der Waals surface area contributed by atoms with Crippen molar-refractivity contribution in [1.82, 2.24) is 0 Å². The molecule has 0 aromatic heterocycles. The molecule has 14 heavy (non-hydrogen) atoms. The lowest BCUT2D eigenvalue weighted by Crippen LogP contribution is -2.24. The normalized spacial score (nSPS) is 25.1. The van der Waals surface area contributed by atoms with Gasteiger partial charge >= 0.3 is 0 Å². The largest absolute Gasteiger partial charge is 0.378 e. The van der Waals surface area contributed by atoms with E-state index in [2.05, 4.69) is 0 Å². The first-order valence-electron chi connectivity index (χ1n) is 4.67. The Morgan fingerprint density at radius 1 is 1.64 bits per heavy atom. The van der Waals surface area contributed by atoms with Crippen LogP contribution in [0.2, 0.25) is 0 Å². The molecular weight excluding hydrogens is 186 g/mol. The van der Waals surface area contributed by atoms with Crippen LogP contribution < -0.4 is 5.73 Å². The van der Waals surface area contributed by atoms with E-state index in [1.54, 1.807) is 0 Å². The number of carbonyl (C=O) groups excluding carboxylic acids is 1. The lowest BCUT2D eigenvalue weighted by Gasteiger charge is -2.16. The van der Waals surface area contributed by atoms with Gasteiger partial charge in [-0.1, -0.05) is 0 Å². The summed E-state index contributed by atoms with van der Waals surface area (Å²) >= 11 is 0. The first-order valence-corrected chi connectivity index (χ1v) is 4.67. The average Bonchev–Trinajstić information content (AvgIpc) is 2.39. The Bertz CT molecular complexity index is 205. The fourth-order valence-electron chi connectivity index (χ4n) is 1.23. The van der Waals surface area contributed by atoms with Crippen LogP contribution in [0.5, 0.6) is 0 Å².